The summed E-state index contributed by atoms with van der Waals surface area (Å²) in [4.78, 5) is 11.3. The minimum absolute atomic E-state index is 0.103. The number of carbonyl (C=O) groups excluding carboxylic acids is 1. The van der Waals surface area contributed by atoms with Gasteiger partial charge in [0.15, 0.2) is 0 Å². The summed E-state index contributed by atoms with van der Waals surface area (Å²) in [5, 5.41) is 0. The van der Waals surface area contributed by atoms with E-state index in [0.29, 0.717) is 0 Å². The zero-order valence-electron chi connectivity index (χ0n) is 9.30. The first-order chi connectivity index (χ1) is 7.90. The Bertz CT molecular complexity index is 413. The molecule has 1 rings (SSSR count). The van der Waals surface area contributed by atoms with Gasteiger partial charge in [0.25, 0.3) is 0 Å². The lowest BCUT2D eigenvalue weighted by Crippen LogP contribution is -2.11. The van der Waals surface area contributed by atoms with Crippen LogP contribution in [0.25, 0.3) is 0 Å². The second-order valence-corrected chi connectivity index (χ2v) is 3.13. The van der Waals surface area contributed by atoms with Crippen molar-refractivity contribution in [1.82, 2.24) is 0 Å². The Morgan fingerprint density at radius 1 is 1.35 bits per heavy atom. The molecule has 0 fully saturated rings. The molecule has 0 radical (unpaired) electrons. The number of methoxy groups -OCH3 is 1. The van der Waals surface area contributed by atoms with Gasteiger partial charge in [-0.15, -0.1) is 0 Å². The van der Waals surface area contributed by atoms with Crippen LogP contribution in [0.2, 0.25) is 0 Å². The number of hydrogen-bond acceptors (Lipinski definition) is 3. The topological polar surface area (TPSA) is 35.5 Å². The first-order valence-corrected chi connectivity index (χ1v) is 4.82. The molecule has 0 aromatic heterocycles. The normalized spacial score (nSPS) is 11.1. The summed E-state index contributed by atoms with van der Waals surface area (Å²) in [6.07, 6.45) is -4.58. The van der Waals surface area contributed by atoms with Gasteiger partial charge in [0, 0.05) is 0 Å². The molecule has 0 saturated heterocycles. The highest BCUT2D eigenvalue weighted by molar-refractivity contribution is 5.89. The van der Waals surface area contributed by atoms with Crippen LogP contribution >= 0.6 is 0 Å². The number of esters is 1. The number of ether oxygens (including phenoxy) is 2. The Kier molecular flexibility index (Phi) is 3.98. The molecule has 0 amide bonds. The van der Waals surface area contributed by atoms with Gasteiger partial charge in [-0.05, 0) is 25.1 Å². The molecule has 0 bridgehead atoms. The molecule has 0 aliphatic carbocycles. The minimum atomic E-state index is -4.58. The highest BCUT2D eigenvalue weighted by Crippen LogP contribution is 2.36. The molecule has 17 heavy (non-hydrogen) atoms. The number of hydrogen-bond donors (Lipinski definition) is 0. The molecule has 3 nitrogen and oxygen atoms in total. The Morgan fingerprint density at radius 3 is 2.47 bits per heavy atom. The lowest BCUT2D eigenvalue weighted by Gasteiger charge is -2.12. The van der Waals surface area contributed by atoms with Gasteiger partial charge in [0.1, 0.15) is 5.75 Å². The molecule has 0 atom stereocenters. The monoisotopic (exact) mass is 248 g/mol. The van der Waals surface area contributed by atoms with E-state index >= 15 is 0 Å². The number of rotatable bonds is 3. The van der Waals surface area contributed by atoms with Gasteiger partial charge in [-0.2, -0.15) is 13.2 Å². The van der Waals surface area contributed by atoms with E-state index in [2.05, 4.69) is 9.47 Å². The molecular formula is C11H11F3O3. The molecule has 0 N–H and O–H groups in total. The Labute approximate surface area is 96.1 Å². The van der Waals surface area contributed by atoms with Crippen molar-refractivity contribution in [3.05, 3.63) is 29.3 Å². The van der Waals surface area contributed by atoms with Crippen molar-refractivity contribution in [2.75, 3.05) is 13.7 Å². The Morgan fingerprint density at radius 2 is 2.00 bits per heavy atom. The highest BCUT2D eigenvalue weighted by atomic mass is 19.4. The van der Waals surface area contributed by atoms with Gasteiger partial charge in [-0.25, -0.2) is 4.79 Å². The predicted molar refractivity (Wildman–Crippen MR) is 54.0 cm³/mol. The smallest absolute Gasteiger partial charge is 0.419 e. The first kappa shape index (κ1) is 13.3. The van der Waals surface area contributed by atoms with Crippen molar-refractivity contribution in [3.8, 4) is 5.75 Å². The number of carbonyl (C=O) groups is 1. The fraction of sp³-hybridized carbons (Fsp3) is 0.364. The van der Waals surface area contributed by atoms with Crippen molar-refractivity contribution in [3.63, 3.8) is 0 Å². The summed E-state index contributed by atoms with van der Waals surface area (Å²) in [7, 11) is 1.13. The standard InChI is InChI=1S/C11H11F3O3/c1-3-17-10(15)7-4-5-9(16-2)8(6-7)11(12,13)14/h4-6H,3H2,1-2H3. The van der Waals surface area contributed by atoms with Crippen molar-refractivity contribution >= 4 is 5.97 Å². The van der Waals surface area contributed by atoms with Gasteiger partial charge in [0.2, 0.25) is 0 Å². The molecule has 6 heteroatoms. The average molecular weight is 248 g/mol. The molecule has 1 aromatic rings. The van der Waals surface area contributed by atoms with Crippen LogP contribution in [-0.4, -0.2) is 19.7 Å². The zero-order valence-corrected chi connectivity index (χ0v) is 9.30. The Hall–Kier alpha value is -1.72. The van der Waals surface area contributed by atoms with Crippen LogP contribution in [-0.2, 0) is 10.9 Å². The van der Waals surface area contributed by atoms with E-state index in [1.54, 1.807) is 6.92 Å². The van der Waals surface area contributed by atoms with Gasteiger partial charge in [-0.1, -0.05) is 0 Å². The molecule has 0 saturated carbocycles. The molecule has 0 aliphatic rings. The molecule has 94 valence electrons. The summed E-state index contributed by atoms with van der Waals surface area (Å²) in [6, 6.07) is 3.04. The van der Waals surface area contributed by atoms with Gasteiger partial charge >= 0.3 is 12.1 Å². The predicted octanol–water partition coefficient (Wildman–Crippen LogP) is 2.89. The average Bonchev–Trinajstić information content (AvgIpc) is 2.27. The number of benzene rings is 1. The van der Waals surface area contributed by atoms with E-state index < -0.39 is 17.7 Å². The van der Waals surface area contributed by atoms with E-state index in [-0.39, 0.29) is 17.9 Å². The minimum Gasteiger partial charge on any atom is -0.496 e. The maximum atomic E-state index is 12.6. The fourth-order valence-electron chi connectivity index (χ4n) is 1.27. The number of alkyl halides is 3. The second-order valence-electron chi connectivity index (χ2n) is 3.13. The highest BCUT2D eigenvalue weighted by Gasteiger charge is 2.35. The molecule has 0 unspecified atom stereocenters. The third kappa shape index (κ3) is 3.12. The Balaban J connectivity index is 3.18. The lowest BCUT2D eigenvalue weighted by atomic mass is 10.1. The molecule has 0 heterocycles. The molecular weight excluding hydrogens is 237 g/mol. The molecule has 1 aromatic carbocycles. The van der Waals surface area contributed by atoms with Crippen LogP contribution in [0.3, 0.4) is 0 Å². The van der Waals surface area contributed by atoms with Crippen LogP contribution in [0.5, 0.6) is 5.75 Å². The summed E-state index contributed by atoms with van der Waals surface area (Å²) in [6.45, 7) is 1.68. The molecule has 0 spiro atoms. The van der Waals surface area contributed by atoms with Crippen molar-refractivity contribution in [1.29, 1.82) is 0 Å². The lowest BCUT2D eigenvalue weighted by molar-refractivity contribution is -0.138. The van der Waals surface area contributed by atoms with E-state index in [4.69, 9.17) is 0 Å². The second kappa shape index (κ2) is 5.07. The quantitative estimate of drug-likeness (QED) is 0.771. The summed E-state index contributed by atoms with van der Waals surface area (Å²) >= 11 is 0. The maximum Gasteiger partial charge on any atom is 0.419 e. The third-order valence-electron chi connectivity index (χ3n) is 2.02. The van der Waals surface area contributed by atoms with Crippen LogP contribution in [0.15, 0.2) is 18.2 Å². The largest absolute Gasteiger partial charge is 0.496 e. The zero-order chi connectivity index (χ0) is 13.1. The number of halogens is 3. The van der Waals surface area contributed by atoms with E-state index in [1.807, 2.05) is 0 Å². The van der Waals surface area contributed by atoms with Crippen LogP contribution in [0.4, 0.5) is 13.2 Å². The van der Waals surface area contributed by atoms with Crippen molar-refractivity contribution in [2.45, 2.75) is 13.1 Å². The van der Waals surface area contributed by atoms with E-state index in [0.717, 1.165) is 19.2 Å². The van der Waals surface area contributed by atoms with Crippen LogP contribution < -0.4 is 4.74 Å². The third-order valence-corrected chi connectivity index (χ3v) is 2.02. The van der Waals surface area contributed by atoms with Gasteiger partial charge < -0.3 is 9.47 Å². The van der Waals surface area contributed by atoms with Crippen molar-refractivity contribution < 1.29 is 27.4 Å². The van der Waals surface area contributed by atoms with E-state index in [9.17, 15) is 18.0 Å². The van der Waals surface area contributed by atoms with Crippen molar-refractivity contribution in [2.24, 2.45) is 0 Å². The van der Waals surface area contributed by atoms with Crippen LogP contribution in [0.1, 0.15) is 22.8 Å². The fourth-order valence-corrected chi connectivity index (χ4v) is 1.27. The maximum absolute atomic E-state index is 12.6. The van der Waals surface area contributed by atoms with Gasteiger partial charge in [-0.3, -0.25) is 0 Å². The van der Waals surface area contributed by atoms with Gasteiger partial charge in [0.05, 0.1) is 24.8 Å². The first-order valence-electron chi connectivity index (χ1n) is 4.82. The SMILES string of the molecule is CCOC(=O)c1ccc(OC)c(C(F)(F)F)c1. The summed E-state index contributed by atoms with van der Waals surface area (Å²) < 4.78 is 47.1. The van der Waals surface area contributed by atoms with E-state index in [1.165, 1.54) is 6.07 Å². The summed E-state index contributed by atoms with van der Waals surface area (Å²) in [5.74, 6) is -1.12. The molecule has 0 aliphatic heterocycles. The summed E-state index contributed by atoms with van der Waals surface area (Å²) in [5.41, 5.74) is -1.15. The van der Waals surface area contributed by atoms with Crippen LogP contribution in [0, 0.1) is 0 Å².